The normalized spacial score (nSPS) is 22.7. The van der Waals surface area contributed by atoms with Gasteiger partial charge in [-0.05, 0) is 55.0 Å². The summed E-state index contributed by atoms with van der Waals surface area (Å²) in [5.41, 5.74) is 5.56. The topological polar surface area (TPSA) is 57.7 Å². The Bertz CT molecular complexity index is 1230. The second kappa shape index (κ2) is 10.6. The van der Waals surface area contributed by atoms with Gasteiger partial charge in [-0.1, -0.05) is 54.6 Å². The Morgan fingerprint density at radius 2 is 1.76 bits per heavy atom. The molecule has 6 nitrogen and oxygen atoms in total. The molecule has 0 bridgehead atoms. The predicted octanol–water partition coefficient (Wildman–Crippen LogP) is 5.13. The summed E-state index contributed by atoms with van der Waals surface area (Å²) in [4.78, 5) is 23.5. The zero-order chi connectivity index (χ0) is 25.2. The molecule has 1 N–H and O–H groups in total. The lowest BCUT2D eigenvalue weighted by Crippen LogP contribution is -2.43. The summed E-state index contributed by atoms with van der Waals surface area (Å²) < 4.78 is 5.72. The van der Waals surface area contributed by atoms with Gasteiger partial charge < -0.3 is 15.0 Å². The Labute approximate surface area is 219 Å². The summed E-state index contributed by atoms with van der Waals surface area (Å²) in [5, 5.41) is 3.70. The monoisotopic (exact) mass is 496 g/mol. The fourth-order valence-electron chi connectivity index (χ4n) is 6.12. The number of benzene rings is 2. The predicted molar refractivity (Wildman–Crippen MR) is 147 cm³/mol. The SMILES string of the molecule is Cc1ccccc1N1Cc2ccc(NC3CCN(Cc4ccccc4)CC3)nc2C(C2CCOC2)C1=O. The number of anilines is 2. The maximum absolute atomic E-state index is 13.9. The van der Waals surface area contributed by atoms with Crippen LogP contribution in [-0.4, -0.2) is 48.1 Å². The Hall–Kier alpha value is -3.22. The molecule has 6 heteroatoms. The fourth-order valence-corrected chi connectivity index (χ4v) is 6.12. The second-order valence-electron chi connectivity index (χ2n) is 10.7. The molecule has 1 aromatic heterocycles. The highest BCUT2D eigenvalue weighted by Crippen LogP contribution is 2.40. The van der Waals surface area contributed by atoms with Crippen molar-refractivity contribution in [3.05, 3.63) is 89.1 Å². The van der Waals surface area contributed by atoms with Gasteiger partial charge in [-0.15, -0.1) is 0 Å². The molecule has 192 valence electrons. The minimum Gasteiger partial charge on any atom is -0.381 e. The highest BCUT2D eigenvalue weighted by atomic mass is 16.5. The molecule has 1 amide bonds. The summed E-state index contributed by atoms with van der Waals surface area (Å²) in [6, 6.07) is 23.5. The number of rotatable bonds is 6. The van der Waals surface area contributed by atoms with E-state index in [1.807, 2.05) is 23.1 Å². The van der Waals surface area contributed by atoms with Crippen molar-refractivity contribution in [1.82, 2.24) is 9.88 Å². The van der Waals surface area contributed by atoms with E-state index in [9.17, 15) is 4.79 Å². The van der Waals surface area contributed by atoms with Crippen LogP contribution in [0.2, 0.25) is 0 Å². The fraction of sp³-hybridized carbons (Fsp3) is 0.419. The maximum atomic E-state index is 13.9. The van der Waals surface area contributed by atoms with Crippen molar-refractivity contribution in [3.63, 3.8) is 0 Å². The van der Waals surface area contributed by atoms with Crippen LogP contribution in [0.3, 0.4) is 0 Å². The summed E-state index contributed by atoms with van der Waals surface area (Å²) >= 11 is 0. The molecule has 0 radical (unpaired) electrons. The molecule has 2 aromatic carbocycles. The average Bonchev–Trinajstić information content (AvgIpc) is 3.45. The van der Waals surface area contributed by atoms with Gasteiger partial charge in [-0.25, -0.2) is 4.98 Å². The number of piperidine rings is 1. The molecule has 6 rings (SSSR count). The third-order valence-corrected chi connectivity index (χ3v) is 8.20. The molecular weight excluding hydrogens is 460 g/mol. The number of fused-ring (bicyclic) bond motifs is 1. The van der Waals surface area contributed by atoms with Gasteiger partial charge in [-0.3, -0.25) is 9.69 Å². The summed E-state index contributed by atoms with van der Waals surface area (Å²) in [6.07, 6.45) is 3.08. The molecule has 0 saturated carbocycles. The first kappa shape index (κ1) is 24.1. The molecule has 2 saturated heterocycles. The first-order valence-corrected chi connectivity index (χ1v) is 13.6. The second-order valence-corrected chi connectivity index (χ2v) is 10.7. The van der Waals surface area contributed by atoms with Crippen LogP contribution >= 0.6 is 0 Å². The number of nitrogens with zero attached hydrogens (tertiary/aromatic N) is 3. The van der Waals surface area contributed by atoms with Crippen molar-refractivity contribution in [2.24, 2.45) is 5.92 Å². The van der Waals surface area contributed by atoms with Crippen molar-refractivity contribution in [3.8, 4) is 0 Å². The van der Waals surface area contributed by atoms with Crippen molar-refractivity contribution in [2.75, 3.05) is 36.5 Å². The minimum absolute atomic E-state index is 0.149. The first-order chi connectivity index (χ1) is 18.2. The van der Waals surface area contributed by atoms with Crippen molar-refractivity contribution < 1.29 is 9.53 Å². The highest BCUT2D eigenvalue weighted by molar-refractivity contribution is 6.00. The van der Waals surface area contributed by atoms with Crippen LogP contribution in [0.15, 0.2) is 66.7 Å². The molecule has 3 aliphatic heterocycles. The van der Waals surface area contributed by atoms with Crippen molar-refractivity contribution in [1.29, 1.82) is 0 Å². The Morgan fingerprint density at radius 1 is 0.973 bits per heavy atom. The number of amides is 1. The van der Waals surface area contributed by atoms with E-state index >= 15 is 0 Å². The highest BCUT2D eigenvalue weighted by Gasteiger charge is 2.42. The summed E-state index contributed by atoms with van der Waals surface area (Å²) in [5.74, 6) is 0.944. The number of para-hydroxylation sites is 1. The zero-order valence-electron chi connectivity index (χ0n) is 21.6. The molecule has 0 aliphatic carbocycles. The van der Waals surface area contributed by atoms with Gasteiger partial charge in [0.25, 0.3) is 0 Å². The Balaban J connectivity index is 1.19. The molecule has 2 unspecified atom stereocenters. The van der Waals surface area contributed by atoms with Gasteiger partial charge >= 0.3 is 0 Å². The number of carbonyl (C=O) groups is 1. The average molecular weight is 497 g/mol. The number of aryl methyl sites for hydroxylation is 1. The van der Waals surface area contributed by atoms with E-state index in [0.29, 0.717) is 25.8 Å². The third kappa shape index (κ3) is 5.13. The molecule has 37 heavy (non-hydrogen) atoms. The van der Waals surface area contributed by atoms with E-state index in [2.05, 4.69) is 65.7 Å². The lowest BCUT2D eigenvalue weighted by Gasteiger charge is -2.37. The number of hydrogen-bond acceptors (Lipinski definition) is 5. The van der Waals surface area contributed by atoms with Gasteiger partial charge in [0.15, 0.2) is 0 Å². The van der Waals surface area contributed by atoms with E-state index in [1.165, 1.54) is 5.56 Å². The first-order valence-electron chi connectivity index (χ1n) is 13.6. The quantitative estimate of drug-likeness (QED) is 0.513. The summed E-state index contributed by atoms with van der Waals surface area (Å²) in [6.45, 7) is 7.13. The lowest BCUT2D eigenvalue weighted by molar-refractivity contribution is -0.122. The number of pyridine rings is 1. The molecule has 2 fully saturated rings. The molecule has 3 aromatic rings. The van der Waals surface area contributed by atoms with E-state index in [1.54, 1.807) is 0 Å². The van der Waals surface area contributed by atoms with Gasteiger partial charge in [0.1, 0.15) is 5.82 Å². The van der Waals surface area contributed by atoms with E-state index in [-0.39, 0.29) is 17.7 Å². The molecule has 4 heterocycles. The lowest BCUT2D eigenvalue weighted by atomic mass is 9.82. The minimum atomic E-state index is -0.264. The van der Waals surface area contributed by atoms with Crippen LogP contribution in [-0.2, 0) is 22.6 Å². The van der Waals surface area contributed by atoms with Crippen LogP contribution < -0.4 is 10.2 Å². The maximum Gasteiger partial charge on any atom is 0.236 e. The van der Waals surface area contributed by atoms with Crippen LogP contribution in [0.1, 0.15) is 47.6 Å². The number of likely N-dealkylation sites (tertiary alicyclic amines) is 1. The number of ether oxygens (including phenoxy) is 1. The smallest absolute Gasteiger partial charge is 0.236 e. The number of hydrogen-bond donors (Lipinski definition) is 1. The van der Waals surface area contributed by atoms with Gasteiger partial charge in [0.05, 0.1) is 24.8 Å². The van der Waals surface area contributed by atoms with Crippen molar-refractivity contribution >= 4 is 17.4 Å². The molecule has 2 atom stereocenters. The van der Waals surface area contributed by atoms with E-state index in [0.717, 1.165) is 67.2 Å². The van der Waals surface area contributed by atoms with Gasteiger partial charge in [-0.2, -0.15) is 0 Å². The van der Waals surface area contributed by atoms with Crippen molar-refractivity contribution in [2.45, 2.75) is 51.2 Å². The number of aromatic nitrogens is 1. The molecule has 0 spiro atoms. The Morgan fingerprint density at radius 3 is 2.51 bits per heavy atom. The molecule has 3 aliphatic rings. The van der Waals surface area contributed by atoms with Crippen LogP contribution in [0.25, 0.3) is 0 Å². The van der Waals surface area contributed by atoms with E-state index < -0.39 is 0 Å². The van der Waals surface area contributed by atoms with Crippen LogP contribution in [0.5, 0.6) is 0 Å². The Kier molecular flexibility index (Phi) is 6.94. The molecular formula is C31H36N4O2. The summed E-state index contributed by atoms with van der Waals surface area (Å²) in [7, 11) is 0. The zero-order valence-corrected chi connectivity index (χ0v) is 21.6. The van der Waals surface area contributed by atoms with Crippen LogP contribution in [0, 0.1) is 12.8 Å². The van der Waals surface area contributed by atoms with Gasteiger partial charge in [0.2, 0.25) is 5.91 Å². The standard InChI is InChI=1S/C31H36N4O2/c1-22-7-5-6-10-27(22)35-20-24-11-12-28(33-30(24)29(31(35)36)25-15-18-37-21-25)32-26-13-16-34(17-14-26)19-23-8-3-2-4-9-23/h2-12,25-26,29H,13-21H2,1H3,(H,32,33). The number of carbonyl (C=O) groups excluding carboxylic acids is 1. The van der Waals surface area contributed by atoms with E-state index in [4.69, 9.17) is 9.72 Å². The van der Waals surface area contributed by atoms with Crippen LogP contribution in [0.4, 0.5) is 11.5 Å². The third-order valence-electron chi connectivity index (χ3n) is 8.20. The largest absolute Gasteiger partial charge is 0.381 e. The number of nitrogens with one attached hydrogen (secondary N) is 1. The van der Waals surface area contributed by atoms with Gasteiger partial charge in [0, 0.05) is 43.9 Å².